The minimum absolute atomic E-state index is 0.0607. The van der Waals surface area contributed by atoms with Crippen LogP contribution in [0.5, 0.6) is 11.5 Å². The molecule has 1 aromatic heterocycles. The van der Waals surface area contributed by atoms with E-state index in [1.54, 1.807) is 20.3 Å². The Morgan fingerprint density at radius 2 is 1.83 bits per heavy atom. The van der Waals surface area contributed by atoms with Gasteiger partial charge in [0.25, 0.3) is 0 Å². The van der Waals surface area contributed by atoms with Crippen LogP contribution in [0.3, 0.4) is 0 Å². The molecule has 0 spiro atoms. The predicted molar refractivity (Wildman–Crippen MR) is 117 cm³/mol. The first-order valence-electron chi connectivity index (χ1n) is 9.72. The molecule has 0 bridgehead atoms. The number of hydrogen-bond acceptors (Lipinski definition) is 5. The van der Waals surface area contributed by atoms with Crippen LogP contribution in [0.4, 0.5) is 0 Å². The normalized spacial score (nSPS) is 15.9. The topological polar surface area (TPSA) is 64.0 Å². The van der Waals surface area contributed by atoms with Gasteiger partial charge in [0.15, 0.2) is 11.5 Å². The summed E-state index contributed by atoms with van der Waals surface area (Å²) in [5.41, 5.74) is 3.29. The molecule has 2 aromatic carbocycles. The predicted octanol–water partition coefficient (Wildman–Crippen LogP) is 4.99. The molecule has 154 valence electrons. The van der Waals surface area contributed by atoms with Crippen LogP contribution >= 0.6 is 11.6 Å². The first-order chi connectivity index (χ1) is 14.5. The summed E-state index contributed by atoms with van der Waals surface area (Å²) >= 11 is 6.59. The summed E-state index contributed by atoms with van der Waals surface area (Å²) in [4.78, 5) is 17.2. The van der Waals surface area contributed by atoms with Crippen LogP contribution in [0.25, 0.3) is 10.9 Å². The molecule has 0 saturated heterocycles. The van der Waals surface area contributed by atoms with Gasteiger partial charge in [-0.05, 0) is 17.7 Å². The highest BCUT2D eigenvalue weighted by Crippen LogP contribution is 2.39. The van der Waals surface area contributed by atoms with Crippen LogP contribution < -0.4 is 9.47 Å². The lowest BCUT2D eigenvalue weighted by Gasteiger charge is -2.22. The third-order valence-electron chi connectivity index (χ3n) is 5.24. The number of pyridine rings is 1. The molecule has 0 saturated carbocycles. The summed E-state index contributed by atoms with van der Waals surface area (Å²) in [6.45, 7) is 1.83. The second-order valence-corrected chi connectivity index (χ2v) is 7.35. The van der Waals surface area contributed by atoms with Gasteiger partial charge in [-0.25, -0.2) is 9.99 Å². The molecule has 4 rings (SSSR count). The number of ether oxygens (including phenoxy) is 2. The largest absolute Gasteiger partial charge is 0.493 e. The van der Waals surface area contributed by atoms with E-state index in [1.807, 2.05) is 49.4 Å². The first kappa shape index (κ1) is 20.2. The Morgan fingerprint density at radius 3 is 2.50 bits per heavy atom. The van der Waals surface area contributed by atoms with Gasteiger partial charge in [-0.15, -0.1) is 0 Å². The van der Waals surface area contributed by atoms with E-state index in [1.165, 1.54) is 5.01 Å². The Kier molecular flexibility index (Phi) is 5.59. The number of methoxy groups -OCH3 is 2. The van der Waals surface area contributed by atoms with Gasteiger partial charge in [0.05, 0.1) is 31.5 Å². The smallest absolute Gasteiger partial charge is 0.242 e. The van der Waals surface area contributed by atoms with Crippen LogP contribution in [-0.2, 0) is 4.79 Å². The van der Waals surface area contributed by atoms with E-state index in [4.69, 9.17) is 21.1 Å². The van der Waals surface area contributed by atoms with Crippen molar-refractivity contribution in [3.05, 3.63) is 64.8 Å². The number of benzene rings is 2. The summed E-state index contributed by atoms with van der Waals surface area (Å²) in [5.74, 6) is 1.13. The van der Waals surface area contributed by atoms with Gasteiger partial charge in [0, 0.05) is 29.9 Å². The number of halogens is 1. The summed E-state index contributed by atoms with van der Waals surface area (Å²) in [5, 5.41) is 7.37. The number of carbonyl (C=O) groups excluding carboxylic acids is 1. The summed E-state index contributed by atoms with van der Waals surface area (Å²) in [6, 6.07) is 15.2. The molecular weight excluding hydrogens is 402 g/mol. The van der Waals surface area contributed by atoms with Crippen LogP contribution in [0, 0.1) is 0 Å². The SMILES string of the molecule is CCC(=O)N1N=C(c2ccccc2)CC1c1cc2cc(OC)c(OC)cc2nc1Cl. The zero-order valence-corrected chi connectivity index (χ0v) is 17.8. The third-order valence-corrected chi connectivity index (χ3v) is 5.54. The molecule has 0 aliphatic carbocycles. The van der Waals surface area contributed by atoms with E-state index >= 15 is 0 Å². The monoisotopic (exact) mass is 423 g/mol. The van der Waals surface area contributed by atoms with E-state index in [-0.39, 0.29) is 11.9 Å². The number of carbonyl (C=O) groups is 1. The van der Waals surface area contributed by atoms with E-state index in [2.05, 4.69) is 10.1 Å². The van der Waals surface area contributed by atoms with Crippen molar-refractivity contribution in [2.24, 2.45) is 5.10 Å². The number of fused-ring (bicyclic) bond motifs is 1. The van der Waals surface area contributed by atoms with Crippen molar-refractivity contribution in [3.8, 4) is 11.5 Å². The second kappa shape index (κ2) is 8.32. The lowest BCUT2D eigenvalue weighted by atomic mass is 9.98. The molecule has 3 aromatic rings. The van der Waals surface area contributed by atoms with E-state index in [0.717, 1.165) is 22.2 Å². The maximum Gasteiger partial charge on any atom is 0.242 e. The van der Waals surface area contributed by atoms with E-state index < -0.39 is 0 Å². The zero-order valence-electron chi connectivity index (χ0n) is 17.1. The summed E-state index contributed by atoms with van der Waals surface area (Å²) in [6.07, 6.45) is 0.918. The van der Waals surface area contributed by atoms with Crippen LogP contribution in [0.2, 0.25) is 5.15 Å². The lowest BCUT2D eigenvalue weighted by molar-refractivity contribution is -0.132. The maximum atomic E-state index is 12.7. The molecular formula is C23H22ClN3O3. The summed E-state index contributed by atoms with van der Waals surface area (Å²) in [7, 11) is 3.17. The maximum absolute atomic E-state index is 12.7. The molecule has 30 heavy (non-hydrogen) atoms. The Balaban J connectivity index is 1.79. The van der Waals surface area contributed by atoms with Crippen molar-refractivity contribution in [1.82, 2.24) is 9.99 Å². The standard InChI is InChI=1S/C23H22ClN3O3/c1-4-22(28)27-19(12-18(26-27)14-8-6-5-7-9-14)16-10-15-11-20(29-2)21(30-3)13-17(15)25-23(16)24/h5-11,13,19H,4,12H2,1-3H3. The number of aromatic nitrogens is 1. The molecule has 0 N–H and O–H groups in total. The quantitative estimate of drug-likeness (QED) is 0.542. The molecule has 1 aliphatic heterocycles. The van der Waals surface area contributed by atoms with Crippen LogP contribution in [0.15, 0.2) is 53.6 Å². The highest BCUT2D eigenvalue weighted by atomic mass is 35.5. The van der Waals surface area contributed by atoms with Crippen molar-refractivity contribution in [3.63, 3.8) is 0 Å². The van der Waals surface area contributed by atoms with Crippen LogP contribution in [-0.4, -0.2) is 35.8 Å². The lowest BCUT2D eigenvalue weighted by Crippen LogP contribution is -2.26. The second-order valence-electron chi connectivity index (χ2n) is 6.99. The number of nitrogens with zero attached hydrogens (tertiary/aromatic N) is 3. The van der Waals surface area contributed by atoms with E-state index in [0.29, 0.717) is 35.0 Å². The van der Waals surface area contributed by atoms with Gasteiger partial charge in [-0.3, -0.25) is 4.79 Å². The molecule has 7 heteroatoms. The fraction of sp³-hybridized carbons (Fsp3) is 0.261. The fourth-order valence-corrected chi connectivity index (χ4v) is 3.95. The van der Waals surface area contributed by atoms with E-state index in [9.17, 15) is 4.79 Å². The Morgan fingerprint density at radius 1 is 1.13 bits per heavy atom. The molecule has 1 atom stereocenters. The molecule has 6 nitrogen and oxygen atoms in total. The Labute approximate surface area is 180 Å². The van der Waals surface area contributed by atoms with Gasteiger partial charge < -0.3 is 9.47 Å². The van der Waals surface area contributed by atoms with Crippen molar-refractivity contribution in [1.29, 1.82) is 0 Å². The highest BCUT2D eigenvalue weighted by Gasteiger charge is 2.34. The van der Waals surface area contributed by atoms with Gasteiger partial charge in [-0.1, -0.05) is 48.9 Å². The minimum atomic E-state index is -0.315. The van der Waals surface area contributed by atoms with Gasteiger partial charge >= 0.3 is 0 Å². The van der Waals surface area contributed by atoms with Gasteiger partial charge in [-0.2, -0.15) is 5.10 Å². The minimum Gasteiger partial charge on any atom is -0.493 e. The molecule has 0 fully saturated rings. The highest BCUT2D eigenvalue weighted by molar-refractivity contribution is 6.30. The van der Waals surface area contributed by atoms with Gasteiger partial charge in [0.2, 0.25) is 5.91 Å². The van der Waals surface area contributed by atoms with Crippen molar-refractivity contribution in [2.45, 2.75) is 25.8 Å². The fourth-order valence-electron chi connectivity index (χ4n) is 3.68. The Bertz CT molecular complexity index is 1130. The number of rotatable bonds is 5. The molecule has 1 unspecified atom stereocenters. The van der Waals surface area contributed by atoms with Gasteiger partial charge in [0.1, 0.15) is 5.15 Å². The van der Waals surface area contributed by atoms with Crippen molar-refractivity contribution in [2.75, 3.05) is 14.2 Å². The zero-order chi connectivity index (χ0) is 21.3. The summed E-state index contributed by atoms with van der Waals surface area (Å²) < 4.78 is 10.8. The van der Waals surface area contributed by atoms with Crippen LogP contribution in [0.1, 0.15) is 36.9 Å². The molecule has 0 radical (unpaired) electrons. The Hall–Kier alpha value is -3.12. The molecule has 1 aliphatic rings. The average Bonchev–Trinajstić information content (AvgIpc) is 3.23. The third kappa shape index (κ3) is 3.59. The van der Waals surface area contributed by atoms with Crippen molar-refractivity contribution < 1.29 is 14.3 Å². The first-order valence-corrected chi connectivity index (χ1v) is 10.1. The molecule has 1 amide bonds. The number of amides is 1. The number of hydrazone groups is 1. The molecule has 2 heterocycles. The van der Waals surface area contributed by atoms with Crippen molar-refractivity contribution >= 4 is 34.1 Å². The average molecular weight is 424 g/mol. The number of hydrogen-bond donors (Lipinski definition) is 0.